The Morgan fingerprint density at radius 3 is 2.18 bits per heavy atom. The number of methoxy groups -OCH3 is 1. The smallest absolute Gasteiger partial charge is 0.119 e. The Balaban J connectivity index is 2.44. The molecule has 1 fully saturated rings. The lowest BCUT2D eigenvalue weighted by Gasteiger charge is -2.35. The number of ether oxygens (including phenoxy) is 1. The second kappa shape index (κ2) is 4.67. The number of piperidine rings is 1. The minimum atomic E-state index is -0.675. The fourth-order valence-corrected chi connectivity index (χ4v) is 2.87. The molecule has 0 aromatic heterocycles. The number of hydrogen-bond donors (Lipinski definition) is 2. The first-order valence-corrected chi connectivity index (χ1v) is 6.15. The Morgan fingerprint density at radius 2 is 1.71 bits per heavy atom. The fourth-order valence-electron chi connectivity index (χ4n) is 2.87. The topological polar surface area (TPSA) is 41.5 Å². The number of rotatable bonds is 2. The van der Waals surface area contributed by atoms with Crippen LogP contribution in [0.3, 0.4) is 0 Å². The Morgan fingerprint density at radius 1 is 1.18 bits per heavy atom. The first-order chi connectivity index (χ1) is 8.07. The van der Waals surface area contributed by atoms with Gasteiger partial charge in [0.2, 0.25) is 0 Å². The molecule has 1 aliphatic heterocycles. The van der Waals surface area contributed by atoms with Gasteiger partial charge in [0.05, 0.1) is 12.7 Å². The van der Waals surface area contributed by atoms with Crippen LogP contribution in [0.1, 0.15) is 29.5 Å². The van der Waals surface area contributed by atoms with Gasteiger partial charge in [0, 0.05) is 0 Å². The molecule has 1 aromatic carbocycles. The normalized spacial score (nSPS) is 19.1. The van der Waals surface area contributed by atoms with Gasteiger partial charge in [-0.25, -0.2) is 0 Å². The lowest BCUT2D eigenvalue weighted by molar-refractivity contribution is 0.00478. The molecule has 2 N–H and O–H groups in total. The first kappa shape index (κ1) is 12.4. The number of aliphatic hydroxyl groups is 1. The van der Waals surface area contributed by atoms with Crippen molar-refractivity contribution in [1.29, 1.82) is 0 Å². The average molecular weight is 235 g/mol. The molecule has 94 valence electrons. The van der Waals surface area contributed by atoms with Crippen LogP contribution in [0.5, 0.6) is 5.75 Å². The SMILES string of the molecule is COc1cc(C)c(C2(O)CCNCC2)c(C)c1. The van der Waals surface area contributed by atoms with E-state index in [1.54, 1.807) is 7.11 Å². The molecule has 0 radical (unpaired) electrons. The molecule has 1 heterocycles. The maximum atomic E-state index is 10.8. The van der Waals surface area contributed by atoms with E-state index in [9.17, 15) is 5.11 Å². The van der Waals surface area contributed by atoms with Crippen molar-refractivity contribution in [3.63, 3.8) is 0 Å². The van der Waals surface area contributed by atoms with Crippen molar-refractivity contribution < 1.29 is 9.84 Å². The van der Waals surface area contributed by atoms with Gasteiger partial charge in [-0.3, -0.25) is 0 Å². The Kier molecular flexibility index (Phi) is 3.40. The van der Waals surface area contributed by atoms with Crippen molar-refractivity contribution >= 4 is 0 Å². The van der Waals surface area contributed by atoms with E-state index in [1.807, 2.05) is 26.0 Å². The summed E-state index contributed by atoms with van der Waals surface area (Å²) in [6.45, 7) is 5.85. The summed E-state index contributed by atoms with van der Waals surface area (Å²) in [4.78, 5) is 0. The van der Waals surface area contributed by atoms with Crippen LogP contribution < -0.4 is 10.1 Å². The van der Waals surface area contributed by atoms with Gasteiger partial charge in [-0.15, -0.1) is 0 Å². The van der Waals surface area contributed by atoms with Crippen molar-refractivity contribution in [1.82, 2.24) is 5.32 Å². The van der Waals surface area contributed by atoms with Crippen LogP contribution in [0.15, 0.2) is 12.1 Å². The molecular weight excluding hydrogens is 214 g/mol. The highest BCUT2D eigenvalue weighted by molar-refractivity contribution is 5.44. The molecule has 0 saturated carbocycles. The molecule has 1 aliphatic rings. The van der Waals surface area contributed by atoms with Gasteiger partial charge in [0.25, 0.3) is 0 Å². The lowest BCUT2D eigenvalue weighted by Crippen LogP contribution is -2.40. The Hall–Kier alpha value is -1.06. The molecule has 2 rings (SSSR count). The Bertz CT molecular complexity index is 386. The third kappa shape index (κ3) is 2.31. The highest BCUT2D eigenvalue weighted by atomic mass is 16.5. The molecule has 1 aromatic rings. The molecule has 1 saturated heterocycles. The number of nitrogens with one attached hydrogen (secondary N) is 1. The predicted octanol–water partition coefficient (Wildman–Crippen LogP) is 1.88. The molecule has 0 aliphatic carbocycles. The molecule has 0 atom stereocenters. The van der Waals surface area contributed by atoms with Crippen molar-refractivity contribution in [2.24, 2.45) is 0 Å². The van der Waals surface area contributed by atoms with Gasteiger partial charge < -0.3 is 15.2 Å². The minimum Gasteiger partial charge on any atom is -0.497 e. The second-order valence-corrected chi connectivity index (χ2v) is 4.92. The number of hydrogen-bond acceptors (Lipinski definition) is 3. The second-order valence-electron chi connectivity index (χ2n) is 4.92. The summed E-state index contributed by atoms with van der Waals surface area (Å²) >= 11 is 0. The van der Waals surface area contributed by atoms with E-state index in [-0.39, 0.29) is 0 Å². The van der Waals surface area contributed by atoms with Gasteiger partial charge in [0.1, 0.15) is 5.75 Å². The zero-order chi connectivity index (χ0) is 12.5. The van der Waals surface area contributed by atoms with E-state index in [2.05, 4.69) is 5.32 Å². The maximum Gasteiger partial charge on any atom is 0.119 e. The van der Waals surface area contributed by atoms with Gasteiger partial charge in [-0.2, -0.15) is 0 Å². The predicted molar refractivity (Wildman–Crippen MR) is 68.5 cm³/mol. The van der Waals surface area contributed by atoms with E-state index in [1.165, 1.54) is 0 Å². The zero-order valence-electron chi connectivity index (χ0n) is 10.8. The monoisotopic (exact) mass is 235 g/mol. The summed E-state index contributed by atoms with van der Waals surface area (Å²) in [7, 11) is 1.67. The van der Waals surface area contributed by atoms with Gasteiger partial charge in [-0.05, 0) is 68.6 Å². The van der Waals surface area contributed by atoms with E-state index >= 15 is 0 Å². The van der Waals surface area contributed by atoms with Crippen LogP contribution in [-0.2, 0) is 5.60 Å². The molecule has 3 heteroatoms. The molecule has 3 nitrogen and oxygen atoms in total. The summed E-state index contributed by atoms with van der Waals surface area (Å²) in [5.74, 6) is 0.862. The van der Waals surface area contributed by atoms with E-state index < -0.39 is 5.60 Å². The molecule has 0 bridgehead atoms. The van der Waals surface area contributed by atoms with Crippen molar-refractivity contribution in [2.75, 3.05) is 20.2 Å². The summed E-state index contributed by atoms with van der Waals surface area (Å²) in [6.07, 6.45) is 1.56. The maximum absolute atomic E-state index is 10.8. The summed E-state index contributed by atoms with van der Waals surface area (Å²) in [5.41, 5.74) is 2.64. The van der Waals surface area contributed by atoms with Crippen molar-refractivity contribution in [3.05, 3.63) is 28.8 Å². The summed E-state index contributed by atoms with van der Waals surface area (Å²) in [5, 5.41) is 14.1. The molecule has 17 heavy (non-hydrogen) atoms. The van der Waals surface area contributed by atoms with Crippen LogP contribution in [0, 0.1) is 13.8 Å². The highest BCUT2D eigenvalue weighted by Gasteiger charge is 2.33. The van der Waals surface area contributed by atoms with Gasteiger partial charge in [-0.1, -0.05) is 0 Å². The van der Waals surface area contributed by atoms with E-state index in [0.717, 1.165) is 48.4 Å². The quantitative estimate of drug-likeness (QED) is 0.822. The molecule has 0 unspecified atom stereocenters. The van der Waals surface area contributed by atoms with Crippen molar-refractivity contribution in [3.8, 4) is 5.75 Å². The lowest BCUT2D eigenvalue weighted by atomic mass is 9.80. The standard InChI is InChI=1S/C14H21NO2/c1-10-8-12(17-3)9-11(2)13(10)14(16)4-6-15-7-5-14/h8-9,15-16H,4-7H2,1-3H3. The highest BCUT2D eigenvalue weighted by Crippen LogP contribution is 2.36. The molecule has 0 amide bonds. The Labute approximate surface area is 103 Å². The van der Waals surface area contributed by atoms with Crippen LogP contribution >= 0.6 is 0 Å². The molecule has 0 spiro atoms. The van der Waals surface area contributed by atoms with Crippen LogP contribution in [0.4, 0.5) is 0 Å². The largest absolute Gasteiger partial charge is 0.497 e. The fraction of sp³-hybridized carbons (Fsp3) is 0.571. The summed E-state index contributed by atoms with van der Waals surface area (Å²) in [6, 6.07) is 4.00. The third-order valence-corrected chi connectivity index (χ3v) is 3.64. The van der Waals surface area contributed by atoms with Crippen LogP contribution in [0.25, 0.3) is 0 Å². The van der Waals surface area contributed by atoms with Crippen molar-refractivity contribution in [2.45, 2.75) is 32.3 Å². The summed E-state index contributed by atoms with van der Waals surface area (Å²) < 4.78 is 5.26. The van der Waals surface area contributed by atoms with Gasteiger partial charge in [0.15, 0.2) is 0 Å². The third-order valence-electron chi connectivity index (χ3n) is 3.64. The minimum absolute atomic E-state index is 0.675. The average Bonchev–Trinajstić information content (AvgIpc) is 2.28. The van der Waals surface area contributed by atoms with Crippen LogP contribution in [0.2, 0.25) is 0 Å². The van der Waals surface area contributed by atoms with Gasteiger partial charge >= 0.3 is 0 Å². The number of aryl methyl sites for hydroxylation is 2. The van der Waals surface area contributed by atoms with E-state index in [4.69, 9.17) is 4.74 Å². The first-order valence-electron chi connectivity index (χ1n) is 6.15. The van der Waals surface area contributed by atoms with E-state index in [0.29, 0.717) is 0 Å². The zero-order valence-corrected chi connectivity index (χ0v) is 10.8. The number of benzene rings is 1. The van der Waals surface area contributed by atoms with Crippen LogP contribution in [-0.4, -0.2) is 25.3 Å². The molecular formula is C14H21NO2.